The van der Waals surface area contributed by atoms with Crippen molar-refractivity contribution >= 4 is 19.8 Å². The minimum Gasteiger partial charge on any atom is -0.462 e. The van der Waals surface area contributed by atoms with E-state index in [-0.39, 0.29) is 25.6 Å². The third-order valence-electron chi connectivity index (χ3n) is 17.6. The SMILES string of the molecule is CCCCCCC/C=C\C/C=C\CCCCCCCCCCCCCC(=O)OC(COC(=O)CCCCCCCCCCCCCCCCCCCCCCCCCCCCCCC/C=C\CCCCCCCCCC)COP(=O)(O)OCC[N+](C)(C)C. The highest BCUT2D eigenvalue weighted by molar-refractivity contribution is 7.47. The summed E-state index contributed by atoms with van der Waals surface area (Å²) in [6.07, 6.45) is 90.1. The molecule has 0 aliphatic rings. The van der Waals surface area contributed by atoms with Crippen LogP contribution in [-0.2, 0) is 32.7 Å². The highest BCUT2D eigenvalue weighted by Gasteiger charge is 2.27. The van der Waals surface area contributed by atoms with Crippen molar-refractivity contribution in [2.24, 2.45) is 0 Å². The number of likely N-dealkylation sites (N-methyl/N-ethyl adjacent to an activating group) is 1. The summed E-state index contributed by atoms with van der Waals surface area (Å²) in [7, 11) is 1.50. The lowest BCUT2D eigenvalue weighted by Gasteiger charge is -2.24. The molecule has 0 fully saturated rings. The predicted octanol–water partition coefficient (Wildman–Crippen LogP) is 25.4. The molecule has 2 atom stereocenters. The summed E-state index contributed by atoms with van der Waals surface area (Å²) in [5, 5.41) is 0. The maximum absolute atomic E-state index is 12.9. The Kier molecular flexibility index (Phi) is 68.2. The van der Waals surface area contributed by atoms with Gasteiger partial charge >= 0.3 is 19.8 Å². The second-order valence-corrected chi connectivity index (χ2v) is 29.2. The zero-order valence-corrected chi connectivity index (χ0v) is 60.4. The number of allylic oxidation sites excluding steroid dienone is 6. The van der Waals surface area contributed by atoms with Crippen molar-refractivity contribution in [3.05, 3.63) is 36.5 Å². The molecule has 0 aliphatic carbocycles. The Balaban J connectivity index is 3.86. The number of ether oxygens (including phenoxy) is 2. The third-order valence-corrected chi connectivity index (χ3v) is 18.6. The molecule has 1 N–H and O–H groups in total. The Bertz CT molecular complexity index is 1580. The molecule has 2 unspecified atom stereocenters. The van der Waals surface area contributed by atoms with Crippen molar-refractivity contribution in [3.8, 4) is 0 Å². The largest absolute Gasteiger partial charge is 0.472 e. The Hall–Kier alpha value is -1.77. The van der Waals surface area contributed by atoms with Gasteiger partial charge in [-0.3, -0.25) is 18.6 Å². The van der Waals surface area contributed by atoms with E-state index in [9.17, 15) is 19.0 Å². The molecule has 0 aliphatic heterocycles. The highest BCUT2D eigenvalue weighted by atomic mass is 31.2. The fourth-order valence-corrected chi connectivity index (χ4v) is 12.4. The second-order valence-electron chi connectivity index (χ2n) is 27.7. The first-order chi connectivity index (χ1) is 43.0. The van der Waals surface area contributed by atoms with Crippen molar-refractivity contribution in [1.29, 1.82) is 0 Å². The highest BCUT2D eigenvalue weighted by Crippen LogP contribution is 2.43. The van der Waals surface area contributed by atoms with Crippen molar-refractivity contribution in [1.82, 2.24) is 0 Å². The average molecular weight is 1260 g/mol. The fraction of sp³-hybridized carbons (Fsp3) is 0.897. The van der Waals surface area contributed by atoms with E-state index < -0.39 is 26.5 Å². The summed E-state index contributed by atoms with van der Waals surface area (Å²) in [4.78, 5) is 35.9. The lowest BCUT2D eigenvalue weighted by atomic mass is 10.0. The monoisotopic (exact) mass is 1260 g/mol. The van der Waals surface area contributed by atoms with Crippen molar-refractivity contribution in [3.63, 3.8) is 0 Å². The van der Waals surface area contributed by atoms with Gasteiger partial charge in [-0.05, 0) is 70.6 Å². The number of quaternary nitrogens is 1. The number of hydrogen-bond acceptors (Lipinski definition) is 7. The van der Waals surface area contributed by atoms with Gasteiger partial charge in [-0.2, -0.15) is 0 Å². The van der Waals surface area contributed by atoms with E-state index in [1.54, 1.807) is 0 Å². The molecule has 0 heterocycles. The summed E-state index contributed by atoms with van der Waals surface area (Å²) in [6, 6.07) is 0. The van der Waals surface area contributed by atoms with E-state index in [1.165, 1.54) is 327 Å². The van der Waals surface area contributed by atoms with Crippen LogP contribution in [0.2, 0.25) is 0 Å². The van der Waals surface area contributed by atoms with Crippen LogP contribution in [0.15, 0.2) is 36.5 Å². The smallest absolute Gasteiger partial charge is 0.462 e. The molecule has 0 aromatic rings. The first-order valence-corrected chi connectivity index (χ1v) is 40.2. The molecular weight excluding hydrogens is 1110 g/mol. The summed E-state index contributed by atoms with van der Waals surface area (Å²) in [5.74, 6) is -0.779. The summed E-state index contributed by atoms with van der Waals surface area (Å²) in [6.45, 7) is 4.49. The van der Waals surface area contributed by atoms with Crippen molar-refractivity contribution < 1.29 is 42.1 Å². The average Bonchev–Trinajstić information content (AvgIpc) is 3.68. The normalized spacial score (nSPS) is 13.2. The molecule has 0 saturated heterocycles. The number of phosphoric ester groups is 1. The maximum Gasteiger partial charge on any atom is 0.472 e. The molecule has 0 bridgehead atoms. The van der Waals surface area contributed by atoms with Gasteiger partial charge < -0.3 is 18.9 Å². The first kappa shape index (κ1) is 86.2. The Morgan fingerprint density at radius 1 is 0.352 bits per heavy atom. The molecule has 0 amide bonds. The van der Waals surface area contributed by atoms with Crippen LogP contribution in [0.3, 0.4) is 0 Å². The van der Waals surface area contributed by atoms with Crippen LogP contribution in [0, 0.1) is 0 Å². The van der Waals surface area contributed by atoms with E-state index in [4.69, 9.17) is 18.5 Å². The molecule has 0 radical (unpaired) electrons. The molecule has 88 heavy (non-hydrogen) atoms. The van der Waals surface area contributed by atoms with Gasteiger partial charge in [0, 0.05) is 12.8 Å². The molecule has 0 aromatic heterocycles. The molecule has 0 rings (SSSR count). The van der Waals surface area contributed by atoms with E-state index in [2.05, 4.69) is 50.3 Å². The number of hydrogen-bond donors (Lipinski definition) is 1. The van der Waals surface area contributed by atoms with E-state index >= 15 is 0 Å². The van der Waals surface area contributed by atoms with Gasteiger partial charge in [0.15, 0.2) is 6.10 Å². The first-order valence-electron chi connectivity index (χ1n) is 38.7. The molecular formula is C78H151NO8P+. The van der Waals surface area contributed by atoms with Crippen LogP contribution >= 0.6 is 7.82 Å². The molecule has 0 spiro atoms. The summed E-state index contributed by atoms with van der Waals surface area (Å²) < 4.78 is 34.8. The standard InChI is InChI=1S/C78H150NO8P/c1-6-8-10-12-14-16-18-20-22-24-26-28-30-31-32-33-34-35-36-37-38-39-40-41-42-43-44-45-46-47-49-50-52-54-56-58-60-62-64-66-68-70-77(80)84-74-76(75-86-88(82,83)85-73-72-79(3,4)5)87-78(81)71-69-67-65-63-61-59-57-55-53-51-48-29-27-25-23-21-19-17-15-13-11-9-7-2/h19,21,24-27,76H,6-18,20,22-23,28-75H2,1-5H3/p+1/b21-19-,26-24-,27-25-. The Morgan fingerprint density at radius 2 is 0.614 bits per heavy atom. The lowest BCUT2D eigenvalue weighted by molar-refractivity contribution is -0.870. The molecule has 0 saturated carbocycles. The minimum atomic E-state index is -4.39. The van der Waals surface area contributed by atoms with E-state index in [0.29, 0.717) is 23.9 Å². The number of phosphoric acid groups is 1. The van der Waals surface area contributed by atoms with Crippen LogP contribution < -0.4 is 0 Å². The van der Waals surface area contributed by atoms with Crippen LogP contribution in [0.1, 0.15) is 399 Å². The van der Waals surface area contributed by atoms with Gasteiger partial charge in [0.05, 0.1) is 27.7 Å². The van der Waals surface area contributed by atoms with Crippen LogP contribution in [0.4, 0.5) is 0 Å². The van der Waals surface area contributed by atoms with Crippen LogP contribution in [0.5, 0.6) is 0 Å². The quantitative estimate of drug-likeness (QED) is 0.0211. The lowest BCUT2D eigenvalue weighted by Crippen LogP contribution is -2.37. The van der Waals surface area contributed by atoms with Crippen LogP contribution in [-0.4, -0.2) is 74.9 Å². The molecule has 0 aromatic carbocycles. The van der Waals surface area contributed by atoms with Gasteiger partial charge in [0.25, 0.3) is 0 Å². The number of unbranched alkanes of at least 4 members (excludes halogenated alkanes) is 53. The van der Waals surface area contributed by atoms with Crippen molar-refractivity contribution in [2.45, 2.75) is 405 Å². The zero-order chi connectivity index (χ0) is 64.1. The second kappa shape index (κ2) is 69.6. The summed E-state index contributed by atoms with van der Waals surface area (Å²) in [5.41, 5.74) is 0. The van der Waals surface area contributed by atoms with Gasteiger partial charge in [-0.15, -0.1) is 0 Å². The zero-order valence-electron chi connectivity index (χ0n) is 59.5. The van der Waals surface area contributed by atoms with E-state index in [1.807, 2.05) is 21.1 Å². The number of rotatable bonds is 73. The number of carbonyl (C=O) groups is 2. The minimum absolute atomic E-state index is 0.0337. The maximum atomic E-state index is 12.9. The fourth-order valence-electron chi connectivity index (χ4n) is 11.7. The molecule has 10 heteroatoms. The predicted molar refractivity (Wildman–Crippen MR) is 381 cm³/mol. The number of esters is 2. The topological polar surface area (TPSA) is 108 Å². The van der Waals surface area contributed by atoms with Gasteiger partial charge in [0.2, 0.25) is 0 Å². The number of nitrogens with zero attached hydrogens (tertiary/aromatic N) is 1. The van der Waals surface area contributed by atoms with E-state index in [0.717, 1.165) is 38.5 Å². The number of carbonyl (C=O) groups excluding carboxylic acids is 2. The molecule has 9 nitrogen and oxygen atoms in total. The van der Waals surface area contributed by atoms with Gasteiger partial charge in [-0.1, -0.05) is 352 Å². The molecule has 520 valence electrons. The van der Waals surface area contributed by atoms with Crippen molar-refractivity contribution in [2.75, 3.05) is 47.5 Å². The van der Waals surface area contributed by atoms with Gasteiger partial charge in [0.1, 0.15) is 19.8 Å². The Morgan fingerprint density at radius 3 is 0.909 bits per heavy atom. The van der Waals surface area contributed by atoms with Crippen LogP contribution in [0.25, 0.3) is 0 Å². The Labute approximate surface area is 548 Å². The summed E-state index contributed by atoms with van der Waals surface area (Å²) >= 11 is 0. The third kappa shape index (κ3) is 73.3. The van der Waals surface area contributed by atoms with Gasteiger partial charge in [-0.25, -0.2) is 4.57 Å².